The Morgan fingerprint density at radius 2 is 1.72 bits per heavy atom. The quantitative estimate of drug-likeness (QED) is 0.808. The van der Waals surface area contributed by atoms with Crippen molar-refractivity contribution < 1.29 is 14.6 Å². The third-order valence-electron chi connectivity index (χ3n) is 3.19. The molecule has 1 rings (SSSR count). The smallest absolute Gasteiger partial charge is 0.122 e. The number of benzene rings is 1. The summed E-state index contributed by atoms with van der Waals surface area (Å²) in [6, 6.07) is 6.15. The van der Waals surface area contributed by atoms with Crippen LogP contribution >= 0.6 is 0 Å². The highest BCUT2D eigenvalue weighted by Gasteiger charge is 2.13. The first-order chi connectivity index (χ1) is 8.62. The molecule has 102 valence electrons. The summed E-state index contributed by atoms with van der Waals surface area (Å²) >= 11 is 0. The van der Waals surface area contributed by atoms with E-state index in [1.807, 2.05) is 25.2 Å². The van der Waals surface area contributed by atoms with Gasteiger partial charge in [0.25, 0.3) is 0 Å². The maximum atomic E-state index is 8.87. The van der Waals surface area contributed by atoms with Crippen molar-refractivity contribution in [2.45, 2.75) is 19.4 Å². The summed E-state index contributed by atoms with van der Waals surface area (Å²) in [6.07, 6.45) is 0.780. The summed E-state index contributed by atoms with van der Waals surface area (Å²) in [4.78, 5) is 2.20. The first-order valence-electron chi connectivity index (χ1n) is 6.16. The van der Waals surface area contributed by atoms with E-state index in [-0.39, 0.29) is 12.6 Å². The predicted octanol–water partition coefficient (Wildman–Crippen LogP) is 2.08. The lowest BCUT2D eigenvalue weighted by molar-refractivity contribution is 0.216. The van der Waals surface area contributed by atoms with Crippen LogP contribution in [-0.2, 0) is 0 Å². The molecule has 0 saturated carbocycles. The van der Waals surface area contributed by atoms with Crippen LogP contribution in [0.25, 0.3) is 0 Å². The molecule has 0 aromatic heterocycles. The molecule has 0 heterocycles. The fourth-order valence-electron chi connectivity index (χ4n) is 1.84. The van der Waals surface area contributed by atoms with E-state index in [0.717, 1.165) is 30.0 Å². The highest BCUT2D eigenvalue weighted by Crippen LogP contribution is 2.28. The Morgan fingerprint density at radius 1 is 1.17 bits per heavy atom. The molecule has 4 heteroatoms. The largest absolute Gasteiger partial charge is 0.497 e. The molecule has 0 amide bonds. The van der Waals surface area contributed by atoms with E-state index in [2.05, 4.69) is 11.8 Å². The van der Waals surface area contributed by atoms with E-state index in [4.69, 9.17) is 14.6 Å². The molecule has 0 bridgehead atoms. The zero-order chi connectivity index (χ0) is 13.5. The molecule has 0 aliphatic carbocycles. The number of rotatable bonds is 7. The van der Waals surface area contributed by atoms with Crippen LogP contribution in [0.4, 0.5) is 0 Å². The normalized spacial score (nSPS) is 12.6. The van der Waals surface area contributed by atoms with Crippen molar-refractivity contribution in [3.8, 4) is 11.5 Å². The SMILES string of the molecule is COc1cc(OC)cc(C(C)N(C)CCCO)c1. The molecule has 1 N–H and O–H groups in total. The zero-order valence-corrected chi connectivity index (χ0v) is 11.6. The molecule has 1 unspecified atom stereocenters. The van der Waals surface area contributed by atoms with Crippen LogP contribution in [0.1, 0.15) is 24.9 Å². The van der Waals surface area contributed by atoms with Crippen LogP contribution in [0.15, 0.2) is 18.2 Å². The zero-order valence-electron chi connectivity index (χ0n) is 11.6. The molecule has 0 aliphatic rings. The minimum absolute atomic E-state index is 0.221. The van der Waals surface area contributed by atoms with E-state index in [9.17, 15) is 0 Å². The molecule has 0 aliphatic heterocycles. The van der Waals surface area contributed by atoms with E-state index >= 15 is 0 Å². The van der Waals surface area contributed by atoms with Gasteiger partial charge in [0.2, 0.25) is 0 Å². The van der Waals surface area contributed by atoms with E-state index in [1.165, 1.54) is 0 Å². The van der Waals surface area contributed by atoms with E-state index in [1.54, 1.807) is 14.2 Å². The summed E-state index contributed by atoms with van der Waals surface area (Å²) in [5.74, 6) is 1.60. The Morgan fingerprint density at radius 3 is 2.17 bits per heavy atom. The van der Waals surface area contributed by atoms with Gasteiger partial charge in [-0.2, -0.15) is 0 Å². The fraction of sp³-hybridized carbons (Fsp3) is 0.571. The van der Waals surface area contributed by atoms with E-state index in [0.29, 0.717) is 0 Å². The molecular weight excluding hydrogens is 230 g/mol. The van der Waals surface area contributed by atoms with Crippen LogP contribution in [0.2, 0.25) is 0 Å². The molecule has 4 nitrogen and oxygen atoms in total. The number of nitrogens with zero attached hydrogens (tertiary/aromatic N) is 1. The molecule has 0 spiro atoms. The topological polar surface area (TPSA) is 41.9 Å². The minimum atomic E-state index is 0.221. The van der Waals surface area contributed by atoms with Gasteiger partial charge >= 0.3 is 0 Å². The van der Waals surface area contributed by atoms with Crippen LogP contribution in [0.5, 0.6) is 11.5 Å². The Balaban J connectivity index is 2.86. The van der Waals surface area contributed by atoms with Gasteiger partial charge in [-0.15, -0.1) is 0 Å². The summed E-state index contributed by atoms with van der Waals surface area (Å²) < 4.78 is 10.5. The van der Waals surface area contributed by atoms with Crippen LogP contribution < -0.4 is 9.47 Å². The average molecular weight is 253 g/mol. The molecule has 1 aromatic carbocycles. The summed E-state index contributed by atoms with van der Waals surface area (Å²) in [6.45, 7) is 3.21. The van der Waals surface area contributed by atoms with Crippen molar-refractivity contribution >= 4 is 0 Å². The van der Waals surface area contributed by atoms with Gasteiger partial charge in [-0.3, -0.25) is 4.90 Å². The third-order valence-corrected chi connectivity index (χ3v) is 3.19. The Kier molecular flexibility index (Phi) is 5.95. The summed E-state index contributed by atoms with van der Waals surface area (Å²) in [7, 11) is 5.35. The van der Waals surface area contributed by atoms with Crippen molar-refractivity contribution in [3.63, 3.8) is 0 Å². The summed E-state index contributed by atoms with van der Waals surface area (Å²) in [5.41, 5.74) is 1.15. The van der Waals surface area contributed by atoms with Crippen molar-refractivity contribution in [2.24, 2.45) is 0 Å². The first kappa shape index (κ1) is 14.8. The monoisotopic (exact) mass is 253 g/mol. The van der Waals surface area contributed by atoms with Gasteiger partial charge in [0.15, 0.2) is 0 Å². The van der Waals surface area contributed by atoms with Crippen molar-refractivity contribution in [3.05, 3.63) is 23.8 Å². The Labute approximate surface area is 109 Å². The van der Waals surface area contributed by atoms with Gasteiger partial charge in [0.05, 0.1) is 14.2 Å². The lowest BCUT2D eigenvalue weighted by Gasteiger charge is -2.25. The van der Waals surface area contributed by atoms with Gasteiger partial charge in [0.1, 0.15) is 11.5 Å². The van der Waals surface area contributed by atoms with Gasteiger partial charge in [-0.1, -0.05) is 0 Å². The number of aliphatic hydroxyl groups excluding tert-OH is 1. The number of hydrogen-bond donors (Lipinski definition) is 1. The molecule has 1 atom stereocenters. The lowest BCUT2D eigenvalue weighted by Crippen LogP contribution is -2.24. The Bertz CT molecular complexity index is 346. The standard InChI is InChI=1S/C14H23NO3/c1-11(15(2)6-5-7-16)12-8-13(17-3)10-14(9-12)18-4/h8-11,16H,5-7H2,1-4H3. The second-order valence-electron chi connectivity index (χ2n) is 4.38. The third kappa shape index (κ3) is 3.89. The van der Waals surface area contributed by atoms with Crippen molar-refractivity contribution in [1.29, 1.82) is 0 Å². The minimum Gasteiger partial charge on any atom is -0.497 e. The molecule has 0 fully saturated rings. The lowest BCUT2D eigenvalue weighted by atomic mass is 10.1. The molecular formula is C14H23NO3. The average Bonchev–Trinajstić information content (AvgIpc) is 2.43. The number of methoxy groups -OCH3 is 2. The maximum Gasteiger partial charge on any atom is 0.122 e. The highest BCUT2D eigenvalue weighted by atomic mass is 16.5. The first-order valence-corrected chi connectivity index (χ1v) is 6.16. The van der Waals surface area contributed by atoms with Gasteiger partial charge in [-0.05, 0) is 38.1 Å². The van der Waals surface area contributed by atoms with Crippen LogP contribution in [0.3, 0.4) is 0 Å². The highest BCUT2D eigenvalue weighted by molar-refractivity contribution is 5.39. The van der Waals surface area contributed by atoms with Crippen LogP contribution in [-0.4, -0.2) is 44.4 Å². The van der Waals surface area contributed by atoms with Crippen LogP contribution in [0, 0.1) is 0 Å². The van der Waals surface area contributed by atoms with E-state index < -0.39 is 0 Å². The molecule has 18 heavy (non-hydrogen) atoms. The second kappa shape index (κ2) is 7.24. The number of hydrogen-bond acceptors (Lipinski definition) is 4. The van der Waals surface area contributed by atoms with Crippen molar-refractivity contribution in [1.82, 2.24) is 4.90 Å². The number of aliphatic hydroxyl groups is 1. The maximum absolute atomic E-state index is 8.87. The second-order valence-corrected chi connectivity index (χ2v) is 4.38. The molecule has 1 aromatic rings. The van der Waals surface area contributed by atoms with Gasteiger partial charge in [0, 0.05) is 25.3 Å². The summed E-state index contributed by atoms with van der Waals surface area (Å²) in [5, 5.41) is 8.87. The molecule has 0 radical (unpaired) electrons. The van der Waals surface area contributed by atoms with Crippen molar-refractivity contribution in [2.75, 3.05) is 34.4 Å². The fourth-order valence-corrected chi connectivity index (χ4v) is 1.84. The Hall–Kier alpha value is -1.26. The van der Waals surface area contributed by atoms with Gasteiger partial charge < -0.3 is 14.6 Å². The predicted molar refractivity (Wildman–Crippen MR) is 72.3 cm³/mol. The molecule has 0 saturated heterocycles. The van der Waals surface area contributed by atoms with Gasteiger partial charge in [-0.25, -0.2) is 0 Å². The number of ether oxygens (including phenoxy) is 2.